The number of rotatable bonds is 4. The van der Waals surface area contributed by atoms with Gasteiger partial charge in [0.15, 0.2) is 5.84 Å². The third kappa shape index (κ3) is 3.22. The fraction of sp³-hybridized carbons (Fsp3) is 0.143. The van der Waals surface area contributed by atoms with Gasteiger partial charge in [-0.2, -0.15) is 0 Å². The van der Waals surface area contributed by atoms with Crippen LogP contribution in [0.2, 0.25) is 0 Å². The standard InChI is InChI=1S/C14H16N4O/c1-18(10-12-6-2-3-8-16-12)13-7-4-5-11(9-13)14(15)17-19/h2-9,19H,10H2,1H3,(H2,15,17). The van der Waals surface area contributed by atoms with Crippen LogP contribution in [0.5, 0.6) is 0 Å². The van der Waals surface area contributed by atoms with Crippen molar-refractivity contribution in [3.8, 4) is 0 Å². The van der Waals surface area contributed by atoms with Gasteiger partial charge in [-0.15, -0.1) is 0 Å². The van der Waals surface area contributed by atoms with Crippen molar-refractivity contribution >= 4 is 11.5 Å². The van der Waals surface area contributed by atoms with Gasteiger partial charge in [0.1, 0.15) is 0 Å². The molecular formula is C14H16N4O. The topological polar surface area (TPSA) is 74.7 Å². The molecule has 1 aromatic carbocycles. The highest BCUT2D eigenvalue weighted by atomic mass is 16.4. The van der Waals surface area contributed by atoms with Crippen molar-refractivity contribution in [2.45, 2.75) is 6.54 Å². The second kappa shape index (κ2) is 5.86. The van der Waals surface area contributed by atoms with Crippen molar-refractivity contribution in [3.63, 3.8) is 0 Å². The Kier molecular flexibility index (Phi) is 3.97. The van der Waals surface area contributed by atoms with Crippen LogP contribution in [-0.4, -0.2) is 23.1 Å². The maximum atomic E-state index is 8.69. The fourth-order valence-electron chi connectivity index (χ4n) is 1.79. The molecule has 19 heavy (non-hydrogen) atoms. The van der Waals surface area contributed by atoms with Crippen LogP contribution in [0.15, 0.2) is 53.8 Å². The SMILES string of the molecule is CN(Cc1ccccn1)c1cccc(/C(N)=N/O)c1. The van der Waals surface area contributed by atoms with Crippen LogP contribution in [0.3, 0.4) is 0 Å². The molecule has 0 fully saturated rings. The van der Waals surface area contributed by atoms with Gasteiger partial charge < -0.3 is 15.8 Å². The molecule has 0 aliphatic rings. The molecule has 0 radical (unpaired) electrons. The molecule has 0 bridgehead atoms. The van der Waals surface area contributed by atoms with Crippen molar-refractivity contribution in [3.05, 3.63) is 59.9 Å². The third-order valence-corrected chi connectivity index (χ3v) is 2.82. The van der Waals surface area contributed by atoms with Crippen LogP contribution in [0.1, 0.15) is 11.3 Å². The van der Waals surface area contributed by atoms with Crippen LogP contribution in [0, 0.1) is 0 Å². The van der Waals surface area contributed by atoms with Crippen LogP contribution >= 0.6 is 0 Å². The molecular weight excluding hydrogens is 240 g/mol. The Balaban J connectivity index is 2.17. The number of oxime groups is 1. The molecule has 98 valence electrons. The van der Waals surface area contributed by atoms with E-state index in [2.05, 4.69) is 15.0 Å². The molecule has 0 aliphatic carbocycles. The van der Waals surface area contributed by atoms with E-state index in [1.807, 2.05) is 43.4 Å². The van der Waals surface area contributed by atoms with E-state index in [0.29, 0.717) is 12.1 Å². The minimum atomic E-state index is 0.105. The number of anilines is 1. The van der Waals surface area contributed by atoms with E-state index in [1.165, 1.54) is 0 Å². The summed E-state index contributed by atoms with van der Waals surface area (Å²) in [7, 11) is 1.97. The first-order valence-corrected chi connectivity index (χ1v) is 5.89. The van der Waals surface area contributed by atoms with Gasteiger partial charge in [-0.25, -0.2) is 0 Å². The fourth-order valence-corrected chi connectivity index (χ4v) is 1.79. The van der Waals surface area contributed by atoms with Crippen LogP contribution in [0.25, 0.3) is 0 Å². The summed E-state index contributed by atoms with van der Waals surface area (Å²) in [6, 6.07) is 13.3. The number of nitrogens with two attached hydrogens (primary N) is 1. The molecule has 0 aliphatic heterocycles. The lowest BCUT2D eigenvalue weighted by atomic mass is 10.1. The summed E-state index contributed by atoms with van der Waals surface area (Å²) in [5.74, 6) is 0.105. The molecule has 0 amide bonds. The second-order valence-corrected chi connectivity index (χ2v) is 4.21. The van der Waals surface area contributed by atoms with Gasteiger partial charge in [-0.1, -0.05) is 23.4 Å². The first-order valence-electron chi connectivity index (χ1n) is 5.89. The second-order valence-electron chi connectivity index (χ2n) is 4.21. The smallest absolute Gasteiger partial charge is 0.170 e. The number of benzene rings is 1. The summed E-state index contributed by atoms with van der Waals surface area (Å²) in [5, 5.41) is 11.7. The molecule has 0 spiro atoms. The quantitative estimate of drug-likeness (QED) is 0.378. The monoisotopic (exact) mass is 256 g/mol. The van der Waals surface area contributed by atoms with Gasteiger partial charge in [0, 0.05) is 24.5 Å². The first-order chi connectivity index (χ1) is 9.20. The largest absolute Gasteiger partial charge is 0.409 e. The lowest BCUT2D eigenvalue weighted by molar-refractivity contribution is 0.318. The Labute approximate surface area is 112 Å². The van der Waals surface area contributed by atoms with Crippen LogP contribution in [-0.2, 0) is 6.54 Å². The highest BCUT2D eigenvalue weighted by Gasteiger charge is 2.05. The molecule has 5 nitrogen and oxygen atoms in total. The van der Waals surface area contributed by atoms with Gasteiger partial charge in [0.2, 0.25) is 0 Å². The highest BCUT2D eigenvalue weighted by molar-refractivity contribution is 5.97. The molecule has 0 saturated heterocycles. The Morgan fingerprint density at radius 1 is 1.32 bits per heavy atom. The maximum Gasteiger partial charge on any atom is 0.170 e. The summed E-state index contributed by atoms with van der Waals surface area (Å²) in [6.45, 7) is 0.695. The minimum absolute atomic E-state index is 0.105. The third-order valence-electron chi connectivity index (χ3n) is 2.82. The average Bonchev–Trinajstić information content (AvgIpc) is 2.47. The van der Waals surface area contributed by atoms with Crippen LogP contribution in [0.4, 0.5) is 5.69 Å². The summed E-state index contributed by atoms with van der Waals surface area (Å²) >= 11 is 0. The molecule has 1 heterocycles. The van der Waals surface area contributed by atoms with E-state index in [4.69, 9.17) is 10.9 Å². The van der Waals surface area contributed by atoms with Gasteiger partial charge in [-0.05, 0) is 24.3 Å². The molecule has 0 atom stereocenters. The Morgan fingerprint density at radius 2 is 2.16 bits per heavy atom. The zero-order valence-electron chi connectivity index (χ0n) is 10.7. The normalized spacial score (nSPS) is 11.3. The van der Waals surface area contributed by atoms with Gasteiger partial charge in [0.05, 0.1) is 12.2 Å². The van der Waals surface area contributed by atoms with E-state index in [9.17, 15) is 0 Å². The highest BCUT2D eigenvalue weighted by Crippen LogP contribution is 2.16. The van der Waals surface area contributed by atoms with E-state index in [-0.39, 0.29) is 5.84 Å². The van der Waals surface area contributed by atoms with Crippen molar-refractivity contribution in [1.29, 1.82) is 0 Å². The minimum Gasteiger partial charge on any atom is -0.409 e. The van der Waals surface area contributed by atoms with Crippen molar-refractivity contribution in [2.75, 3.05) is 11.9 Å². The van der Waals surface area contributed by atoms with E-state index < -0.39 is 0 Å². The Morgan fingerprint density at radius 3 is 2.84 bits per heavy atom. The van der Waals surface area contributed by atoms with E-state index in [0.717, 1.165) is 11.4 Å². The predicted molar refractivity (Wildman–Crippen MR) is 75.3 cm³/mol. The predicted octanol–water partition coefficient (Wildman–Crippen LogP) is 1.81. The number of pyridine rings is 1. The van der Waals surface area contributed by atoms with Gasteiger partial charge in [-0.3, -0.25) is 4.98 Å². The molecule has 0 unspecified atom stereocenters. The summed E-state index contributed by atoms with van der Waals surface area (Å²) in [4.78, 5) is 6.34. The van der Waals surface area contributed by atoms with Crippen molar-refractivity contribution in [1.82, 2.24) is 4.98 Å². The zero-order chi connectivity index (χ0) is 13.7. The van der Waals surface area contributed by atoms with Crippen LogP contribution < -0.4 is 10.6 Å². The zero-order valence-corrected chi connectivity index (χ0v) is 10.7. The lowest BCUT2D eigenvalue weighted by Gasteiger charge is -2.19. The Bertz CT molecular complexity index is 569. The molecule has 3 N–H and O–H groups in total. The first kappa shape index (κ1) is 12.9. The number of aromatic nitrogens is 1. The molecule has 0 saturated carbocycles. The average molecular weight is 256 g/mol. The van der Waals surface area contributed by atoms with Gasteiger partial charge >= 0.3 is 0 Å². The number of hydrogen-bond donors (Lipinski definition) is 2. The maximum absolute atomic E-state index is 8.69. The molecule has 2 aromatic rings. The molecule has 2 rings (SSSR count). The molecule has 5 heteroatoms. The summed E-state index contributed by atoms with van der Waals surface area (Å²) < 4.78 is 0. The molecule has 1 aromatic heterocycles. The van der Waals surface area contributed by atoms with Crippen molar-refractivity contribution < 1.29 is 5.21 Å². The summed E-state index contributed by atoms with van der Waals surface area (Å²) in [6.07, 6.45) is 1.77. The van der Waals surface area contributed by atoms with E-state index in [1.54, 1.807) is 12.3 Å². The van der Waals surface area contributed by atoms with Crippen molar-refractivity contribution in [2.24, 2.45) is 10.9 Å². The number of nitrogens with zero attached hydrogens (tertiary/aromatic N) is 3. The summed E-state index contributed by atoms with van der Waals surface area (Å²) in [5.41, 5.74) is 8.24. The Hall–Kier alpha value is -2.56. The van der Waals surface area contributed by atoms with E-state index >= 15 is 0 Å². The number of amidine groups is 1. The lowest BCUT2D eigenvalue weighted by Crippen LogP contribution is -2.19. The number of hydrogen-bond acceptors (Lipinski definition) is 4. The van der Waals surface area contributed by atoms with Gasteiger partial charge in [0.25, 0.3) is 0 Å².